The minimum Gasteiger partial charge on any atom is -0.469 e. The van der Waals surface area contributed by atoms with E-state index in [0.29, 0.717) is 16.3 Å². The van der Waals surface area contributed by atoms with E-state index in [1.165, 1.54) is 36.9 Å². The monoisotopic (exact) mass is 406 g/mol. The predicted octanol–water partition coefficient (Wildman–Crippen LogP) is 2.31. The number of amides is 1. The number of esters is 2. The van der Waals surface area contributed by atoms with Crippen molar-refractivity contribution in [2.24, 2.45) is 0 Å². The Balaban J connectivity index is 2.15. The predicted molar refractivity (Wildman–Crippen MR) is 103 cm³/mol. The van der Waals surface area contributed by atoms with Gasteiger partial charge in [0.15, 0.2) is 0 Å². The number of hydrogen-bond donors (Lipinski definition) is 1. The maximum Gasteiger partial charge on any atom is 0.307 e. The Bertz CT molecular complexity index is 821. The fourth-order valence-corrected chi connectivity index (χ4v) is 3.15. The summed E-state index contributed by atoms with van der Waals surface area (Å²) in [5.41, 5.74) is 0.892. The summed E-state index contributed by atoms with van der Waals surface area (Å²) in [7, 11) is 2.54. The molecule has 2 rings (SSSR count). The van der Waals surface area contributed by atoms with Crippen LogP contribution in [0.3, 0.4) is 0 Å². The Morgan fingerprint density at radius 3 is 2.50 bits per heavy atom. The molecule has 0 bridgehead atoms. The van der Waals surface area contributed by atoms with E-state index in [2.05, 4.69) is 24.9 Å². The minimum absolute atomic E-state index is 0.0550. The van der Waals surface area contributed by atoms with Crippen molar-refractivity contribution >= 4 is 35.3 Å². The van der Waals surface area contributed by atoms with Gasteiger partial charge in [0.1, 0.15) is 5.03 Å². The summed E-state index contributed by atoms with van der Waals surface area (Å²) < 4.78 is 10.8. The lowest BCUT2D eigenvalue weighted by Gasteiger charge is -2.15. The highest BCUT2D eigenvalue weighted by Crippen LogP contribution is 2.22. The molecule has 0 radical (unpaired) electrons. The van der Waals surface area contributed by atoms with E-state index in [9.17, 15) is 14.4 Å². The third-order valence-electron chi connectivity index (χ3n) is 3.79. The lowest BCUT2D eigenvalue weighted by atomic mass is 10.1. The summed E-state index contributed by atoms with van der Waals surface area (Å²) in [4.78, 5) is 40.1. The Labute approximate surface area is 166 Å². The van der Waals surface area contributed by atoms with Crippen LogP contribution >= 0.6 is 11.8 Å². The molecule has 2 aromatic heterocycles. The summed E-state index contributed by atoms with van der Waals surface area (Å²) in [5.74, 6) is -0.489. The Kier molecular flexibility index (Phi) is 8.00. The first-order valence-electron chi connectivity index (χ1n) is 8.55. The first-order valence-corrected chi connectivity index (χ1v) is 9.54. The van der Waals surface area contributed by atoms with Crippen molar-refractivity contribution in [3.8, 4) is 0 Å². The molecular formula is C18H22N4O5S. The van der Waals surface area contributed by atoms with Crippen molar-refractivity contribution in [1.82, 2.24) is 14.8 Å². The van der Waals surface area contributed by atoms with Crippen molar-refractivity contribution in [1.29, 1.82) is 0 Å². The van der Waals surface area contributed by atoms with Crippen LogP contribution in [-0.4, -0.2) is 52.6 Å². The maximum atomic E-state index is 12.6. The molecule has 2 aromatic rings. The van der Waals surface area contributed by atoms with Gasteiger partial charge in [0.05, 0.1) is 50.6 Å². The van der Waals surface area contributed by atoms with E-state index in [4.69, 9.17) is 0 Å². The number of aromatic nitrogens is 3. The van der Waals surface area contributed by atoms with Crippen molar-refractivity contribution in [2.75, 3.05) is 25.3 Å². The molecular weight excluding hydrogens is 384 g/mol. The Morgan fingerprint density at radius 1 is 1.21 bits per heavy atom. The smallest absolute Gasteiger partial charge is 0.307 e. The number of nitrogens with zero attached hydrogens (tertiary/aromatic N) is 3. The van der Waals surface area contributed by atoms with Gasteiger partial charge in [-0.15, -0.1) is 11.8 Å². The van der Waals surface area contributed by atoms with Gasteiger partial charge in [-0.05, 0) is 17.9 Å². The molecule has 150 valence electrons. The molecule has 2 heterocycles. The second-order valence-corrected chi connectivity index (χ2v) is 6.92. The van der Waals surface area contributed by atoms with Crippen LogP contribution in [0.25, 0.3) is 0 Å². The number of rotatable bonds is 9. The van der Waals surface area contributed by atoms with Crippen LogP contribution in [0.4, 0.5) is 5.69 Å². The number of pyridine rings is 1. The number of hydrogen-bond acceptors (Lipinski definition) is 8. The first-order chi connectivity index (χ1) is 13.5. The average Bonchev–Trinajstić information content (AvgIpc) is 3.16. The molecule has 0 saturated heterocycles. The topological polar surface area (TPSA) is 112 Å². The number of thioether (sulfide) groups is 1. The van der Waals surface area contributed by atoms with Crippen LogP contribution < -0.4 is 5.32 Å². The molecule has 0 spiro atoms. The SMILES string of the molecule is CCSc1ncccc1C(=O)Nc1cnn(C(CC(=O)OC)CC(=O)OC)c1. The summed E-state index contributed by atoms with van der Waals surface area (Å²) in [6, 6.07) is 2.80. The van der Waals surface area contributed by atoms with Crippen LogP contribution in [0.15, 0.2) is 35.7 Å². The normalized spacial score (nSPS) is 10.6. The maximum absolute atomic E-state index is 12.6. The zero-order valence-corrected chi connectivity index (χ0v) is 16.7. The van der Waals surface area contributed by atoms with Crippen LogP contribution in [-0.2, 0) is 19.1 Å². The molecule has 1 amide bonds. The summed E-state index contributed by atoms with van der Waals surface area (Å²) in [5, 5.41) is 7.56. The molecule has 0 saturated carbocycles. The molecule has 0 fully saturated rings. The molecule has 0 aliphatic carbocycles. The van der Waals surface area contributed by atoms with Crippen LogP contribution in [0.2, 0.25) is 0 Å². The zero-order valence-electron chi connectivity index (χ0n) is 15.9. The fourth-order valence-electron chi connectivity index (χ4n) is 2.43. The molecule has 1 N–H and O–H groups in total. The highest BCUT2D eigenvalue weighted by molar-refractivity contribution is 7.99. The van der Waals surface area contributed by atoms with E-state index in [0.717, 1.165) is 5.75 Å². The van der Waals surface area contributed by atoms with Gasteiger partial charge < -0.3 is 14.8 Å². The van der Waals surface area contributed by atoms with Gasteiger partial charge >= 0.3 is 11.9 Å². The van der Waals surface area contributed by atoms with Gasteiger partial charge in [0.2, 0.25) is 0 Å². The number of carbonyl (C=O) groups is 3. The molecule has 0 aliphatic rings. The van der Waals surface area contributed by atoms with Gasteiger partial charge in [0, 0.05) is 12.4 Å². The standard InChI is InChI=1S/C18H22N4O5S/c1-4-28-18-14(6-5-7-19-18)17(25)21-12-10-20-22(11-12)13(8-15(23)26-2)9-16(24)27-3/h5-7,10-11,13H,4,8-9H2,1-3H3,(H,21,25). The molecule has 10 heteroatoms. The average molecular weight is 406 g/mol. The lowest BCUT2D eigenvalue weighted by molar-refractivity contribution is -0.144. The van der Waals surface area contributed by atoms with Crippen LogP contribution in [0.5, 0.6) is 0 Å². The van der Waals surface area contributed by atoms with Crippen LogP contribution in [0, 0.1) is 0 Å². The van der Waals surface area contributed by atoms with Gasteiger partial charge in [-0.1, -0.05) is 6.92 Å². The van der Waals surface area contributed by atoms with Gasteiger partial charge in [-0.3, -0.25) is 19.1 Å². The molecule has 9 nitrogen and oxygen atoms in total. The molecule has 0 unspecified atom stereocenters. The fraction of sp³-hybridized carbons (Fsp3) is 0.389. The molecule has 0 atom stereocenters. The third kappa shape index (κ3) is 5.81. The second-order valence-electron chi connectivity index (χ2n) is 5.67. The second kappa shape index (κ2) is 10.5. The number of ether oxygens (including phenoxy) is 2. The summed E-state index contributed by atoms with van der Waals surface area (Å²) in [6.45, 7) is 1.98. The number of carbonyl (C=O) groups excluding carboxylic acids is 3. The third-order valence-corrected chi connectivity index (χ3v) is 4.68. The minimum atomic E-state index is -0.588. The molecule has 28 heavy (non-hydrogen) atoms. The van der Waals surface area contributed by atoms with Crippen molar-refractivity contribution in [3.05, 3.63) is 36.3 Å². The van der Waals surface area contributed by atoms with E-state index in [-0.39, 0.29) is 18.7 Å². The van der Waals surface area contributed by atoms with E-state index in [1.807, 2.05) is 6.92 Å². The summed E-state index contributed by atoms with van der Waals surface area (Å²) in [6.07, 6.45) is 4.53. The number of nitrogens with one attached hydrogen (secondary N) is 1. The van der Waals surface area contributed by atoms with Gasteiger partial charge in [-0.2, -0.15) is 5.10 Å². The highest BCUT2D eigenvalue weighted by atomic mass is 32.2. The zero-order chi connectivity index (χ0) is 20.5. The lowest BCUT2D eigenvalue weighted by Crippen LogP contribution is -2.19. The molecule has 0 aliphatic heterocycles. The Hall–Kier alpha value is -2.88. The van der Waals surface area contributed by atoms with Crippen LogP contribution in [0.1, 0.15) is 36.2 Å². The van der Waals surface area contributed by atoms with E-state index in [1.54, 1.807) is 24.5 Å². The van der Waals surface area contributed by atoms with E-state index < -0.39 is 18.0 Å². The number of anilines is 1. The van der Waals surface area contributed by atoms with Crippen molar-refractivity contribution < 1.29 is 23.9 Å². The molecule has 0 aromatic carbocycles. The van der Waals surface area contributed by atoms with Gasteiger partial charge in [0.25, 0.3) is 5.91 Å². The largest absolute Gasteiger partial charge is 0.469 e. The highest BCUT2D eigenvalue weighted by Gasteiger charge is 2.22. The first kappa shape index (κ1) is 21.4. The van der Waals surface area contributed by atoms with Gasteiger partial charge in [-0.25, -0.2) is 4.98 Å². The summed E-state index contributed by atoms with van der Waals surface area (Å²) >= 11 is 1.47. The van der Waals surface area contributed by atoms with Crippen molar-refractivity contribution in [2.45, 2.75) is 30.8 Å². The Morgan fingerprint density at radius 2 is 1.89 bits per heavy atom. The van der Waals surface area contributed by atoms with E-state index >= 15 is 0 Å². The number of methoxy groups -OCH3 is 2. The van der Waals surface area contributed by atoms with Crippen molar-refractivity contribution in [3.63, 3.8) is 0 Å². The quantitative estimate of drug-likeness (QED) is 0.499.